The summed E-state index contributed by atoms with van der Waals surface area (Å²) in [7, 11) is 0. The number of amides is 1. The van der Waals surface area contributed by atoms with Crippen LogP contribution in [0.3, 0.4) is 0 Å². The van der Waals surface area contributed by atoms with Gasteiger partial charge in [0, 0.05) is 5.25 Å². The minimum atomic E-state index is -0.750. The summed E-state index contributed by atoms with van der Waals surface area (Å²) < 4.78 is 26.7. The normalized spacial score (nSPS) is 16.3. The van der Waals surface area contributed by atoms with Crippen LogP contribution in [-0.4, -0.2) is 30.0 Å². The van der Waals surface area contributed by atoms with Gasteiger partial charge in [0.15, 0.2) is 0 Å². The Morgan fingerprint density at radius 3 is 2.58 bits per heavy atom. The molecular weight excluding hydrogens is 270 g/mol. The van der Waals surface area contributed by atoms with Gasteiger partial charge in [-0.15, -0.1) is 11.8 Å². The Kier molecular flexibility index (Phi) is 5.15. The zero-order chi connectivity index (χ0) is 13.7. The fraction of sp³-hybridized carbons (Fsp3) is 0.462. The van der Waals surface area contributed by atoms with Gasteiger partial charge in [0.1, 0.15) is 17.3 Å². The van der Waals surface area contributed by atoms with Gasteiger partial charge in [0.2, 0.25) is 5.91 Å². The maximum atomic E-state index is 13.3. The molecule has 6 heteroatoms. The van der Waals surface area contributed by atoms with Crippen LogP contribution < -0.4 is 10.6 Å². The van der Waals surface area contributed by atoms with Crippen LogP contribution in [0.15, 0.2) is 18.2 Å². The lowest BCUT2D eigenvalue weighted by atomic mass is 10.2. The molecule has 1 fully saturated rings. The van der Waals surface area contributed by atoms with Crippen molar-refractivity contribution in [1.82, 2.24) is 5.32 Å². The van der Waals surface area contributed by atoms with Gasteiger partial charge in [-0.2, -0.15) is 0 Å². The predicted octanol–water partition coefficient (Wildman–Crippen LogP) is 2.39. The quantitative estimate of drug-likeness (QED) is 0.893. The molecule has 1 saturated heterocycles. The summed E-state index contributed by atoms with van der Waals surface area (Å²) in [6.07, 6.45) is 2.04. The summed E-state index contributed by atoms with van der Waals surface area (Å²) in [5.74, 6) is -1.65. The second kappa shape index (κ2) is 6.86. The molecule has 3 nitrogen and oxygen atoms in total. The first-order chi connectivity index (χ1) is 9.16. The maximum Gasteiger partial charge on any atom is 0.234 e. The van der Waals surface area contributed by atoms with E-state index in [9.17, 15) is 13.6 Å². The molecule has 2 N–H and O–H groups in total. The number of piperidine rings is 1. The van der Waals surface area contributed by atoms with E-state index < -0.39 is 11.6 Å². The van der Waals surface area contributed by atoms with Crippen molar-refractivity contribution in [3.63, 3.8) is 0 Å². The number of thioether (sulfide) groups is 1. The second-order valence-electron chi connectivity index (χ2n) is 4.41. The van der Waals surface area contributed by atoms with E-state index in [1.165, 1.54) is 17.8 Å². The Morgan fingerprint density at radius 1 is 1.32 bits per heavy atom. The van der Waals surface area contributed by atoms with E-state index in [-0.39, 0.29) is 17.3 Å². The van der Waals surface area contributed by atoms with Gasteiger partial charge in [-0.05, 0) is 38.1 Å². The molecule has 0 radical (unpaired) electrons. The molecule has 0 spiro atoms. The van der Waals surface area contributed by atoms with Crippen molar-refractivity contribution < 1.29 is 13.6 Å². The molecule has 0 bridgehead atoms. The first-order valence-electron chi connectivity index (χ1n) is 6.23. The van der Waals surface area contributed by atoms with Gasteiger partial charge in [0.05, 0.1) is 5.75 Å². The van der Waals surface area contributed by atoms with Gasteiger partial charge in [-0.1, -0.05) is 6.07 Å². The molecule has 1 aliphatic rings. The number of benzene rings is 1. The highest BCUT2D eigenvalue weighted by Crippen LogP contribution is 2.22. The van der Waals surface area contributed by atoms with E-state index in [4.69, 9.17) is 0 Å². The molecule has 0 aromatic heterocycles. The highest BCUT2D eigenvalue weighted by Gasteiger charge is 2.16. The Balaban J connectivity index is 1.83. The molecule has 2 rings (SSSR count). The smallest absolute Gasteiger partial charge is 0.234 e. The number of halogens is 2. The summed E-state index contributed by atoms with van der Waals surface area (Å²) in [5, 5.41) is 5.98. The lowest BCUT2D eigenvalue weighted by Crippen LogP contribution is -2.30. The Bertz CT molecular complexity index is 430. The van der Waals surface area contributed by atoms with Gasteiger partial charge in [-0.3, -0.25) is 4.79 Å². The van der Waals surface area contributed by atoms with Crippen LogP contribution in [0.25, 0.3) is 0 Å². The number of para-hydroxylation sites is 1. The van der Waals surface area contributed by atoms with Gasteiger partial charge in [-0.25, -0.2) is 8.78 Å². The SMILES string of the molecule is O=C(CSC1CCNCC1)Nc1c(F)cccc1F. The van der Waals surface area contributed by atoms with Crippen molar-refractivity contribution in [2.75, 3.05) is 24.2 Å². The Hall–Kier alpha value is -1.14. The fourth-order valence-corrected chi connectivity index (χ4v) is 2.98. The van der Waals surface area contributed by atoms with Crippen molar-refractivity contribution in [2.45, 2.75) is 18.1 Å². The highest BCUT2D eigenvalue weighted by atomic mass is 32.2. The number of hydrogen-bond donors (Lipinski definition) is 2. The number of rotatable bonds is 4. The molecule has 1 aromatic carbocycles. The third-order valence-electron chi connectivity index (χ3n) is 2.96. The zero-order valence-electron chi connectivity index (χ0n) is 10.4. The maximum absolute atomic E-state index is 13.3. The molecule has 0 atom stereocenters. The summed E-state index contributed by atoms with van der Waals surface area (Å²) in [4.78, 5) is 11.7. The number of carbonyl (C=O) groups excluding carboxylic acids is 1. The molecule has 0 aliphatic carbocycles. The minimum Gasteiger partial charge on any atom is -0.320 e. The molecule has 1 amide bonds. The van der Waals surface area contributed by atoms with Crippen molar-refractivity contribution in [1.29, 1.82) is 0 Å². The van der Waals surface area contributed by atoms with Crippen molar-refractivity contribution in [3.05, 3.63) is 29.8 Å². The third kappa shape index (κ3) is 4.18. The molecule has 0 unspecified atom stereocenters. The second-order valence-corrected chi connectivity index (χ2v) is 5.69. The molecule has 104 valence electrons. The molecule has 1 heterocycles. The summed E-state index contributed by atoms with van der Waals surface area (Å²) in [5.41, 5.74) is -0.363. The standard InChI is InChI=1S/C13H16F2N2OS/c14-10-2-1-3-11(15)13(10)17-12(18)8-19-9-4-6-16-7-5-9/h1-3,9,16H,4-8H2,(H,17,18). The summed E-state index contributed by atoms with van der Waals surface area (Å²) in [6.45, 7) is 1.92. The van der Waals surface area contributed by atoms with Crippen LogP contribution >= 0.6 is 11.8 Å². The largest absolute Gasteiger partial charge is 0.320 e. The van der Waals surface area contributed by atoms with Crippen molar-refractivity contribution in [2.24, 2.45) is 0 Å². The van der Waals surface area contributed by atoms with Gasteiger partial charge < -0.3 is 10.6 Å². The lowest BCUT2D eigenvalue weighted by molar-refractivity contribution is -0.113. The fourth-order valence-electron chi connectivity index (χ4n) is 1.95. The molecule has 19 heavy (non-hydrogen) atoms. The first kappa shape index (κ1) is 14.3. The number of nitrogens with one attached hydrogen (secondary N) is 2. The van der Waals surface area contributed by atoms with Crippen molar-refractivity contribution in [3.8, 4) is 0 Å². The monoisotopic (exact) mass is 286 g/mol. The third-order valence-corrected chi connectivity index (χ3v) is 4.34. The molecule has 1 aromatic rings. The molecular formula is C13H16F2N2OS. The number of carbonyl (C=O) groups is 1. The zero-order valence-corrected chi connectivity index (χ0v) is 11.2. The Morgan fingerprint density at radius 2 is 1.95 bits per heavy atom. The van der Waals surface area contributed by atoms with Gasteiger partial charge >= 0.3 is 0 Å². The topological polar surface area (TPSA) is 41.1 Å². The van der Waals surface area contributed by atoms with Crippen molar-refractivity contribution >= 4 is 23.4 Å². The van der Waals surface area contributed by atoms with E-state index >= 15 is 0 Å². The van der Waals surface area contributed by atoms with E-state index in [1.54, 1.807) is 0 Å². The molecule has 1 aliphatic heterocycles. The van der Waals surface area contributed by atoms with Crippen LogP contribution in [0.1, 0.15) is 12.8 Å². The van der Waals surface area contributed by atoms with Crippen LogP contribution in [0, 0.1) is 11.6 Å². The van der Waals surface area contributed by atoms with Gasteiger partial charge in [0.25, 0.3) is 0 Å². The number of hydrogen-bond acceptors (Lipinski definition) is 3. The lowest BCUT2D eigenvalue weighted by Gasteiger charge is -2.21. The van der Waals surface area contributed by atoms with Crippen LogP contribution in [-0.2, 0) is 4.79 Å². The minimum absolute atomic E-state index is 0.221. The molecule has 0 saturated carbocycles. The Labute approximate surface area is 115 Å². The van der Waals surface area contributed by atoms with Crippen LogP contribution in [0.5, 0.6) is 0 Å². The summed E-state index contributed by atoms with van der Waals surface area (Å²) in [6, 6.07) is 3.52. The average Bonchev–Trinajstić information content (AvgIpc) is 2.42. The van der Waals surface area contributed by atoms with Crippen LogP contribution in [0.4, 0.5) is 14.5 Å². The average molecular weight is 286 g/mol. The number of anilines is 1. The highest BCUT2D eigenvalue weighted by molar-refractivity contribution is 8.00. The summed E-state index contributed by atoms with van der Waals surface area (Å²) >= 11 is 1.54. The van der Waals surface area contributed by atoms with E-state index in [0.29, 0.717) is 5.25 Å². The van der Waals surface area contributed by atoms with E-state index in [2.05, 4.69) is 10.6 Å². The van der Waals surface area contributed by atoms with E-state index in [0.717, 1.165) is 38.1 Å². The first-order valence-corrected chi connectivity index (χ1v) is 7.28. The predicted molar refractivity (Wildman–Crippen MR) is 73.3 cm³/mol. The van der Waals surface area contributed by atoms with E-state index in [1.807, 2.05) is 0 Å². The van der Waals surface area contributed by atoms with Crippen LogP contribution in [0.2, 0.25) is 0 Å².